The summed E-state index contributed by atoms with van der Waals surface area (Å²) in [6.07, 6.45) is 9.05. The van der Waals surface area contributed by atoms with E-state index in [1.807, 2.05) is 60.0 Å². The quantitative estimate of drug-likeness (QED) is 0.458. The number of rotatable bonds is 8. The van der Waals surface area contributed by atoms with Gasteiger partial charge < -0.3 is 10.1 Å². The summed E-state index contributed by atoms with van der Waals surface area (Å²) in [5.74, 6) is 1.24. The molecule has 0 aliphatic heterocycles. The van der Waals surface area contributed by atoms with E-state index < -0.39 is 0 Å². The van der Waals surface area contributed by atoms with E-state index in [9.17, 15) is 4.79 Å². The van der Waals surface area contributed by atoms with Gasteiger partial charge in [0.05, 0.1) is 12.1 Å². The zero-order chi connectivity index (χ0) is 21.5. The number of aromatic nitrogens is 1. The number of hydrogen-bond acceptors (Lipinski definition) is 4. The number of allylic oxidation sites excluding steroid dienone is 4. The van der Waals surface area contributed by atoms with Gasteiger partial charge in [0, 0.05) is 10.9 Å². The molecule has 3 aromatic rings. The highest BCUT2D eigenvalue weighted by atomic mass is 32.1. The van der Waals surface area contributed by atoms with Crippen molar-refractivity contribution in [2.45, 2.75) is 32.8 Å². The van der Waals surface area contributed by atoms with Gasteiger partial charge in [0.15, 0.2) is 5.13 Å². The summed E-state index contributed by atoms with van der Waals surface area (Å²) in [4.78, 5) is 17.2. The van der Waals surface area contributed by atoms with Crippen LogP contribution in [0.4, 0.5) is 5.13 Å². The fourth-order valence-electron chi connectivity index (χ4n) is 3.48. The van der Waals surface area contributed by atoms with E-state index in [2.05, 4.69) is 35.5 Å². The third-order valence-corrected chi connectivity index (χ3v) is 6.08. The smallest absolute Gasteiger partial charge is 0.230 e. The molecule has 2 aromatic carbocycles. The van der Waals surface area contributed by atoms with E-state index in [-0.39, 0.29) is 12.3 Å². The van der Waals surface area contributed by atoms with E-state index in [4.69, 9.17) is 4.74 Å². The first-order valence-corrected chi connectivity index (χ1v) is 11.5. The summed E-state index contributed by atoms with van der Waals surface area (Å²) >= 11 is 1.45. The highest BCUT2D eigenvalue weighted by Gasteiger charge is 2.14. The minimum absolute atomic E-state index is 0.101. The Balaban J connectivity index is 1.36. The molecule has 31 heavy (non-hydrogen) atoms. The van der Waals surface area contributed by atoms with Crippen LogP contribution >= 0.6 is 11.3 Å². The van der Waals surface area contributed by atoms with Crippen molar-refractivity contribution in [3.8, 4) is 5.75 Å². The lowest BCUT2D eigenvalue weighted by atomic mass is 9.94. The molecule has 0 radical (unpaired) electrons. The van der Waals surface area contributed by atoms with Crippen molar-refractivity contribution in [1.82, 2.24) is 4.98 Å². The Kier molecular flexibility index (Phi) is 6.95. The highest BCUT2D eigenvalue weighted by molar-refractivity contribution is 7.14. The van der Waals surface area contributed by atoms with Gasteiger partial charge in [0.2, 0.25) is 5.91 Å². The molecule has 1 aliphatic carbocycles. The largest absolute Gasteiger partial charge is 0.489 e. The van der Waals surface area contributed by atoms with Crippen LogP contribution in [-0.2, 0) is 17.8 Å². The van der Waals surface area contributed by atoms with Crippen molar-refractivity contribution in [2.24, 2.45) is 5.92 Å². The molecular weight excluding hydrogens is 404 g/mol. The molecule has 1 atom stereocenters. The average Bonchev–Trinajstić information content (AvgIpc) is 3.27. The molecule has 4 rings (SSSR count). The van der Waals surface area contributed by atoms with Crippen molar-refractivity contribution in [3.63, 3.8) is 0 Å². The molecule has 0 spiro atoms. The van der Waals surface area contributed by atoms with Gasteiger partial charge in [-0.15, -0.1) is 11.3 Å². The van der Waals surface area contributed by atoms with Gasteiger partial charge in [-0.1, -0.05) is 73.7 Å². The second-order valence-electron chi connectivity index (χ2n) is 7.57. The number of anilines is 1. The summed E-state index contributed by atoms with van der Waals surface area (Å²) < 4.78 is 5.97. The number of ether oxygens (including phenoxy) is 1. The van der Waals surface area contributed by atoms with Gasteiger partial charge in [-0.3, -0.25) is 4.79 Å². The van der Waals surface area contributed by atoms with Crippen molar-refractivity contribution in [2.75, 3.05) is 5.32 Å². The Hall–Kier alpha value is -3.18. The summed E-state index contributed by atoms with van der Waals surface area (Å²) in [5.41, 5.74) is 3.99. The lowest BCUT2D eigenvalue weighted by molar-refractivity contribution is -0.115. The molecule has 1 N–H and O–H groups in total. The topological polar surface area (TPSA) is 51.2 Å². The Morgan fingerprint density at radius 2 is 1.97 bits per heavy atom. The van der Waals surface area contributed by atoms with Crippen molar-refractivity contribution < 1.29 is 9.53 Å². The van der Waals surface area contributed by atoms with Gasteiger partial charge in [-0.2, -0.15) is 0 Å². The minimum atomic E-state index is -0.101. The van der Waals surface area contributed by atoms with Gasteiger partial charge in [-0.25, -0.2) is 4.98 Å². The first kappa shape index (κ1) is 21.1. The molecule has 1 amide bonds. The maximum Gasteiger partial charge on any atom is 0.230 e. The molecule has 0 saturated carbocycles. The predicted octanol–water partition coefficient (Wildman–Crippen LogP) is 6.27. The van der Waals surface area contributed by atoms with Gasteiger partial charge in [0.1, 0.15) is 12.4 Å². The Morgan fingerprint density at radius 1 is 1.16 bits per heavy atom. The molecule has 0 fully saturated rings. The monoisotopic (exact) mass is 430 g/mol. The van der Waals surface area contributed by atoms with Crippen LogP contribution in [0.15, 0.2) is 78.2 Å². The Labute approximate surface area is 187 Å². The molecule has 0 saturated heterocycles. The van der Waals surface area contributed by atoms with E-state index >= 15 is 0 Å². The number of carbonyl (C=O) groups is 1. The highest BCUT2D eigenvalue weighted by Crippen LogP contribution is 2.28. The van der Waals surface area contributed by atoms with E-state index in [0.29, 0.717) is 17.7 Å². The standard InChI is InChI=1S/C26H26N2O2S/c1-2-19-12-14-21(15-13-19)23-18-31-26(27-23)28-25(29)16-22-10-6-7-11-24(22)30-17-20-8-4-3-5-9-20/h3-12,14-15,18-19H,2,13,16-17H2,1H3,(H,27,28,29). The number of amides is 1. The third kappa shape index (κ3) is 5.70. The first-order chi connectivity index (χ1) is 15.2. The average molecular weight is 431 g/mol. The number of nitrogens with one attached hydrogen (secondary N) is 1. The van der Waals surface area contributed by atoms with E-state index in [1.54, 1.807) is 0 Å². The lowest BCUT2D eigenvalue weighted by Gasteiger charge is -2.12. The molecule has 1 heterocycles. The molecule has 1 aromatic heterocycles. The third-order valence-electron chi connectivity index (χ3n) is 5.32. The number of thiazole rings is 1. The number of para-hydroxylation sites is 1. The normalized spacial score (nSPS) is 15.4. The molecule has 1 aliphatic rings. The molecule has 0 bridgehead atoms. The van der Waals surface area contributed by atoms with E-state index in [0.717, 1.165) is 41.0 Å². The number of nitrogens with zero attached hydrogens (tertiary/aromatic N) is 1. The maximum atomic E-state index is 12.6. The van der Waals surface area contributed by atoms with Crippen LogP contribution < -0.4 is 10.1 Å². The van der Waals surface area contributed by atoms with Crippen LogP contribution in [0.5, 0.6) is 5.75 Å². The Morgan fingerprint density at radius 3 is 2.74 bits per heavy atom. The van der Waals surface area contributed by atoms with Crippen LogP contribution in [0.1, 0.15) is 36.6 Å². The van der Waals surface area contributed by atoms with Crippen LogP contribution in [-0.4, -0.2) is 10.9 Å². The second-order valence-corrected chi connectivity index (χ2v) is 8.43. The van der Waals surface area contributed by atoms with Gasteiger partial charge in [0.25, 0.3) is 0 Å². The fourth-order valence-corrected chi connectivity index (χ4v) is 4.22. The first-order valence-electron chi connectivity index (χ1n) is 10.6. The molecule has 5 heteroatoms. The van der Waals surface area contributed by atoms with Crippen molar-refractivity contribution >= 4 is 27.9 Å². The summed E-state index contributed by atoms with van der Waals surface area (Å²) in [6.45, 7) is 2.67. The van der Waals surface area contributed by atoms with Crippen LogP contribution in [0.25, 0.3) is 5.57 Å². The Bertz CT molecular complexity index is 1090. The molecular formula is C26H26N2O2S. The predicted molar refractivity (Wildman–Crippen MR) is 127 cm³/mol. The summed E-state index contributed by atoms with van der Waals surface area (Å²) in [5, 5.41) is 5.55. The number of benzene rings is 2. The second kappa shape index (κ2) is 10.2. The van der Waals surface area contributed by atoms with Crippen molar-refractivity contribution in [3.05, 3.63) is 95.0 Å². The maximum absolute atomic E-state index is 12.6. The zero-order valence-electron chi connectivity index (χ0n) is 17.6. The van der Waals surface area contributed by atoms with Crippen LogP contribution in [0.2, 0.25) is 0 Å². The summed E-state index contributed by atoms with van der Waals surface area (Å²) in [6, 6.07) is 17.7. The van der Waals surface area contributed by atoms with Crippen LogP contribution in [0, 0.1) is 5.92 Å². The van der Waals surface area contributed by atoms with Crippen molar-refractivity contribution in [1.29, 1.82) is 0 Å². The molecule has 158 valence electrons. The van der Waals surface area contributed by atoms with Gasteiger partial charge >= 0.3 is 0 Å². The SMILES string of the molecule is CCC1C=CC(c2csc(NC(=O)Cc3ccccc3OCc3ccccc3)n2)=CC1. The lowest BCUT2D eigenvalue weighted by Crippen LogP contribution is -2.15. The van der Waals surface area contributed by atoms with E-state index in [1.165, 1.54) is 11.3 Å². The fraction of sp³-hybridized carbons (Fsp3) is 0.231. The zero-order valence-corrected chi connectivity index (χ0v) is 18.4. The molecule has 4 nitrogen and oxygen atoms in total. The minimum Gasteiger partial charge on any atom is -0.489 e. The van der Waals surface area contributed by atoms with Gasteiger partial charge in [-0.05, 0) is 36.0 Å². The van der Waals surface area contributed by atoms with Crippen LogP contribution in [0.3, 0.4) is 0 Å². The number of carbonyl (C=O) groups excluding carboxylic acids is 1. The molecule has 1 unspecified atom stereocenters. The summed E-state index contributed by atoms with van der Waals surface area (Å²) in [7, 11) is 0. The number of hydrogen-bond donors (Lipinski definition) is 1.